The van der Waals surface area contributed by atoms with Crippen molar-refractivity contribution in [2.75, 3.05) is 6.26 Å². The molecule has 2 rings (SSSR count). The van der Waals surface area contributed by atoms with Crippen molar-refractivity contribution in [3.8, 4) is 11.1 Å². The lowest BCUT2D eigenvalue weighted by atomic mass is 10.1. The molecule has 2 aromatic rings. The normalized spacial score (nSPS) is 10.8. The summed E-state index contributed by atoms with van der Waals surface area (Å²) in [5.41, 5.74) is 1.65. The maximum Gasteiger partial charge on any atom is 0.175 e. The van der Waals surface area contributed by atoms with Crippen molar-refractivity contribution in [3.63, 3.8) is 0 Å². The topological polar surface area (TPSA) is 82.0 Å². The zero-order valence-corrected chi connectivity index (χ0v) is 11.4. The molecule has 0 aliphatic heterocycles. The highest BCUT2D eigenvalue weighted by atomic mass is 35.5. The Morgan fingerprint density at radius 2 is 1.78 bits per heavy atom. The second kappa shape index (κ2) is 5.48. The molecule has 1 heterocycles. The summed E-state index contributed by atoms with van der Waals surface area (Å²) < 4.78 is 22.9. The minimum atomic E-state index is -3.19. The zero-order valence-electron chi connectivity index (χ0n) is 9.80. The fourth-order valence-corrected chi connectivity index (χ4v) is 2.33. The van der Waals surface area contributed by atoms with Gasteiger partial charge in [-0.3, -0.25) is 0 Å². The molecule has 4 nitrogen and oxygen atoms in total. The summed E-state index contributed by atoms with van der Waals surface area (Å²) >= 11 is 5.80. The third-order valence-electron chi connectivity index (χ3n) is 2.32. The SMILES string of the molecule is CS(=O)(=O)c1cccc(-c2ccnc(Cl)c2)c1.N. The number of hydrogen-bond acceptors (Lipinski definition) is 4. The van der Waals surface area contributed by atoms with E-state index in [1.165, 1.54) is 6.26 Å². The summed E-state index contributed by atoms with van der Waals surface area (Å²) in [6, 6.07) is 10.2. The Balaban J connectivity index is 0.00000162. The Labute approximate surface area is 111 Å². The highest BCUT2D eigenvalue weighted by Gasteiger charge is 2.08. The predicted molar refractivity (Wildman–Crippen MR) is 72.8 cm³/mol. The molecule has 0 saturated heterocycles. The lowest BCUT2D eigenvalue weighted by Crippen LogP contribution is -1.96. The Bertz CT molecular complexity index is 657. The van der Waals surface area contributed by atoms with Crippen LogP contribution in [0.2, 0.25) is 5.15 Å². The molecule has 96 valence electrons. The summed E-state index contributed by atoms with van der Waals surface area (Å²) in [7, 11) is -3.19. The van der Waals surface area contributed by atoms with Gasteiger partial charge in [-0.1, -0.05) is 23.7 Å². The monoisotopic (exact) mass is 284 g/mol. The third-order valence-corrected chi connectivity index (χ3v) is 3.64. The fraction of sp³-hybridized carbons (Fsp3) is 0.0833. The van der Waals surface area contributed by atoms with Gasteiger partial charge in [-0.15, -0.1) is 0 Å². The molecule has 1 aromatic heterocycles. The number of pyridine rings is 1. The van der Waals surface area contributed by atoms with Gasteiger partial charge in [-0.25, -0.2) is 13.4 Å². The average Bonchev–Trinajstić information content (AvgIpc) is 2.28. The van der Waals surface area contributed by atoms with Gasteiger partial charge < -0.3 is 6.15 Å². The molecule has 0 radical (unpaired) electrons. The highest BCUT2D eigenvalue weighted by molar-refractivity contribution is 7.90. The van der Waals surface area contributed by atoms with Gasteiger partial charge in [0.2, 0.25) is 0 Å². The van der Waals surface area contributed by atoms with Crippen LogP contribution in [-0.2, 0) is 9.84 Å². The maximum absolute atomic E-state index is 11.4. The van der Waals surface area contributed by atoms with Crippen LogP contribution in [0.1, 0.15) is 0 Å². The molecule has 0 bridgehead atoms. The number of sulfone groups is 1. The zero-order chi connectivity index (χ0) is 12.5. The molecule has 0 atom stereocenters. The van der Waals surface area contributed by atoms with Crippen molar-refractivity contribution in [2.24, 2.45) is 0 Å². The number of halogens is 1. The largest absolute Gasteiger partial charge is 0.344 e. The quantitative estimate of drug-likeness (QED) is 0.860. The van der Waals surface area contributed by atoms with Gasteiger partial charge in [0.1, 0.15) is 5.15 Å². The van der Waals surface area contributed by atoms with E-state index in [0.717, 1.165) is 11.1 Å². The van der Waals surface area contributed by atoms with Gasteiger partial charge in [-0.05, 0) is 35.4 Å². The van der Waals surface area contributed by atoms with E-state index >= 15 is 0 Å². The summed E-state index contributed by atoms with van der Waals surface area (Å²) in [6.45, 7) is 0. The van der Waals surface area contributed by atoms with Crippen LogP contribution in [0.15, 0.2) is 47.5 Å². The summed E-state index contributed by atoms with van der Waals surface area (Å²) in [4.78, 5) is 4.18. The molecule has 0 saturated carbocycles. The molecular weight excluding hydrogens is 272 g/mol. The van der Waals surface area contributed by atoms with Crippen LogP contribution in [0, 0.1) is 0 Å². The molecule has 0 aliphatic carbocycles. The van der Waals surface area contributed by atoms with E-state index in [9.17, 15) is 8.42 Å². The molecule has 3 N–H and O–H groups in total. The minimum absolute atomic E-state index is 0. The van der Waals surface area contributed by atoms with Crippen molar-refractivity contribution >= 4 is 21.4 Å². The molecule has 0 unspecified atom stereocenters. The van der Waals surface area contributed by atoms with Gasteiger partial charge in [0.25, 0.3) is 0 Å². The second-order valence-electron chi connectivity index (χ2n) is 3.67. The molecule has 0 aliphatic rings. The first-order chi connectivity index (χ1) is 7.97. The first-order valence-electron chi connectivity index (χ1n) is 4.89. The van der Waals surface area contributed by atoms with E-state index in [2.05, 4.69) is 4.98 Å². The third kappa shape index (κ3) is 3.29. The summed E-state index contributed by atoms with van der Waals surface area (Å²) in [6.07, 6.45) is 2.77. The van der Waals surface area contributed by atoms with Crippen molar-refractivity contribution < 1.29 is 8.42 Å². The van der Waals surface area contributed by atoms with E-state index in [-0.39, 0.29) is 6.15 Å². The van der Waals surface area contributed by atoms with Crippen molar-refractivity contribution in [1.29, 1.82) is 0 Å². The molecule has 0 fully saturated rings. The Hall–Kier alpha value is -1.43. The molecule has 18 heavy (non-hydrogen) atoms. The maximum atomic E-state index is 11.4. The standard InChI is InChI=1S/C12H10ClNO2S.H3N/c1-17(15,16)11-4-2-3-9(7-11)10-5-6-14-12(13)8-10;/h2-8H,1H3;1H3. The lowest BCUT2D eigenvalue weighted by molar-refractivity contribution is 0.602. The second-order valence-corrected chi connectivity index (χ2v) is 6.07. The van der Waals surface area contributed by atoms with Crippen molar-refractivity contribution in [2.45, 2.75) is 4.90 Å². The fourth-order valence-electron chi connectivity index (χ4n) is 1.49. The van der Waals surface area contributed by atoms with Crippen LogP contribution < -0.4 is 6.15 Å². The lowest BCUT2D eigenvalue weighted by Gasteiger charge is -2.04. The average molecular weight is 285 g/mol. The van der Waals surface area contributed by atoms with Gasteiger partial charge in [0, 0.05) is 12.5 Å². The van der Waals surface area contributed by atoms with E-state index in [1.54, 1.807) is 36.5 Å². The van der Waals surface area contributed by atoms with Crippen LogP contribution >= 0.6 is 11.6 Å². The van der Waals surface area contributed by atoms with E-state index in [4.69, 9.17) is 11.6 Å². The van der Waals surface area contributed by atoms with Crippen LogP contribution in [-0.4, -0.2) is 19.7 Å². The van der Waals surface area contributed by atoms with Crippen LogP contribution in [0.5, 0.6) is 0 Å². The number of benzene rings is 1. The Morgan fingerprint density at radius 3 is 2.39 bits per heavy atom. The molecular formula is C12H13ClN2O2S. The molecule has 6 heteroatoms. The van der Waals surface area contributed by atoms with E-state index in [0.29, 0.717) is 10.0 Å². The smallest absolute Gasteiger partial charge is 0.175 e. The summed E-state index contributed by atoms with van der Waals surface area (Å²) in [5, 5.41) is 0.382. The first-order valence-corrected chi connectivity index (χ1v) is 7.16. The first kappa shape index (κ1) is 14.6. The molecule has 0 spiro atoms. The van der Waals surface area contributed by atoms with Gasteiger partial charge in [0.05, 0.1) is 4.90 Å². The van der Waals surface area contributed by atoms with Crippen molar-refractivity contribution in [3.05, 3.63) is 47.7 Å². The van der Waals surface area contributed by atoms with Gasteiger partial charge in [0.15, 0.2) is 9.84 Å². The van der Waals surface area contributed by atoms with Crippen LogP contribution in [0.3, 0.4) is 0 Å². The highest BCUT2D eigenvalue weighted by Crippen LogP contribution is 2.23. The van der Waals surface area contributed by atoms with E-state index in [1.807, 2.05) is 6.07 Å². The number of nitrogens with zero attached hydrogens (tertiary/aromatic N) is 1. The molecule has 0 amide bonds. The van der Waals surface area contributed by atoms with Crippen molar-refractivity contribution in [1.82, 2.24) is 11.1 Å². The molecule has 1 aromatic carbocycles. The van der Waals surface area contributed by atoms with E-state index < -0.39 is 9.84 Å². The van der Waals surface area contributed by atoms with Gasteiger partial charge in [-0.2, -0.15) is 0 Å². The number of rotatable bonds is 2. The number of hydrogen-bond donors (Lipinski definition) is 1. The predicted octanol–water partition coefficient (Wildman–Crippen LogP) is 2.97. The minimum Gasteiger partial charge on any atom is -0.344 e. The Kier molecular flexibility index (Phi) is 4.45. The number of aromatic nitrogens is 1. The van der Waals surface area contributed by atoms with Gasteiger partial charge >= 0.3 is 0 Å². The Morgan fingerprint density at radius 1 is 1.11 bits per heavy atom. The summed E-state index contributed by atoms with van der Waals surface area (Å²) in [5.74, 6) is 0. The van der Waals surface area contributed by atoms with Crippen LogP contribution in [0.25, 0.3) is 11.1 Å². The van der Waals surface area contributed by atoms with Crippen LogP contribution in [0.4, 0.5) is 0 Å².